The Morgan fingerprint density at radius 3 is 2.40 bits per heavy atom. The van der Waals surface area contributed by atoms with Crippen LogP contribution in [-0.2, 0) is 0 Å². The number of nitriles is 1. The molecule has 0 atom stereocenters. The summed E-state index contributed by atoms with van der Waals surface area (Å²) >= 11 is 5.98. The average molecular weight is 224 g/mol. The number of rotatable bonds is 3. The maximum atomic E-state index is 8.41. The van der Waals surface area contributed by atoms with Gasteiger partial charge >= 0.3 is 0 Å². The Balaban J connectivity index is 3.20. The minimum atomic E-state index is 0.513. The molecule has 1 aromatic rings. The minimum Gasteiger partial charge on any atom is -0.493 e. The maximum absolute atomic E-state index is 8.41. The van der Waals surface area contributed by atoms with Crippen LogP contribution in [0.25, 0.3) is 6.08 Å². The van der Waals surface area contributed by atoms with Crippen LogP contribution in [0, 0.1) is 11.3 Å². The van der Waals surface area contributed by atoms with Gasteiger partial charge in [-0.25, -0.2) is 0 Å². The van der Waals surface area contributed by atoms with E-state index in [0.717, 1.165) is 5.56 Å². The van der Waals surface area contributed by atoms with Crippen molar-refractivity contribution < 1.29 is 9.47 Å². The van der Waals surface area contributed by atoms with E-state index in [-0.39, 0.29) is 0 Å². The summed E-state index contributed by atoms with van der Waals surface area (Å²) in [5.74, 6) is 1.15. The Morgan fingerprint density at radius 2 is 1.87 bits per heavy atom. The molecule has 0 aliphatic heterocycles. The number of benzene rings is 1. The van der Waals surface area contributed by atoms with Gasteiger partial charge in [0.15, 0.2) is 11.5 Å². The van der Waals surface area contributed by atoms with Crippen LogP contribution >= 0.6 is 11.6 Å². The topological polar surface area (TPSA) is 42.2 Å². The normalized spacial score (nSPS) is 10.0. The molecule has 0 aliphatic carbocycles. The van der Waals surface area contributed by atoms with Crippen LogP contribution in [0.5, 0.6) is 11.5 Å². The van der Waals surface area contributed by atoms with Crippen molar-refractivity contribution in [3.63, 3.8) is 0 Å². The molecule has 0 amide bonds. The average Bonchev–Trinajstić information content (AvgIpc) is 2.27. The second-order valence-corrected chi connectivity index (χ2v) is 3.10. The summed E-state index contributed by atoms with van der Waals surface area (Å²) in [4.78, 5) is 0. The molecule has 0 saturated carbocycles. The molecule has 0 bridgehead atoms. The second-order valence-electron chi connectivity index (χ2n) is 2.69. The van der Waals surface area contributed by atoms with Gasteiger partial charge in [-0.3, -0.25) is 0 Å². The summed E-state index contributed by atoms with van der Waals surface area (Å²) in [5, 5.41) is 8.92. The van der Waals surface area contributed by atoms with E-state index >= 15 is 0 Å². The zero-order valence-electron chi connectivity index (χ0n) is 8.45. The van der Waals surface area contributed by atoms with Crippen molar-refractivity contribution in [2.75, 3.05) is 14.2 Å². The molecule has 0 heterocycles. The van der Waals surface area contributed by atoms with Crippen molar-refractivity contribution in [2.45, 2.75) is 0 Å². The summed E-state index contributed by atoms with van der Waals surface area (Å²) in [7, 11) is 3.09. The molecule has 3 nitrogen and oxygen atoms in total. The third kappa shape index (κ3) is 2.64. The Hall–Kier alpha value is -1.66. The number of hydrogen-bond donors (Lipinski definition) is 0. The van der Waals surface area contributed by atoms with Gasteiger partial charge in [0.25, 0.3) is 0 Å². The van der Waals surface area contributed by atoms with Gasteiger partial charge in [-0.1, -0.05) is 11.6 Å². The number of ether oxygens (including phenoxy) is 2. The van der Waals surface area contributed by atoms with Gasteiger partial charge in [-0.2, -0.15) is 5.26 Å². The van der Waals surface area contributed by atoms with E-state index in [9.17, 15) is 0 Å². The summed E-state index contributed by atoms with van der Waals surface area (Å²) < 4.78 is 10.2. The van der Waals surface area contributed by atoms with Gasteiger partial charge in [0, 0.05) is 12.1 Å². The van der Waals surface area contributed by atoms with E-state index in [0.29, 0.717) is 16.5 Å². The minimum absolute atomic E-state index is 0.513. The fraction of sp³-hybridized carbons (Fsp3) is 0.182. The lowest BCUT2D eigenvalue weighted by Gasteiger charge is -2.09. The van der Waals surface area contributed by atoms with Crippen LogP contribution in [0.4, 0.5) is 0 Å². The van der Waals surface area contributed by atoms with Crippen molar-refractivity contribution in [2.24, 2.45) is 0 Å². The number of nitrogens with zero attached hydrogens (tertiary/aromatic N) is 1. The van der Waals surface area contributed by atoms with Crippen LogP contribution in [0.15, 0.2) is 18.2 Å². The number of methoxy groups -OCH3 is 2. The number of hydrogen-bond acceptors (Lipinski definition) is 3. The van der Waals surface area contributed by atoms with E-state index in [1.54, 1.807) is 32.4 Å². The van der Waals surface area contributed by atoms with Gasteiger partial charge in [-0.05, 0) is 17.7 Å². The molecule has 0 fully saturated rings. The molecule has 0 unspecified atom stereocenters. The first-order valence-corrected chi connectivity index (χ1v) is 4.58. The largest absolute Gasteiger partial charge is 0.493 e. The van der Waals surface area contributed by atoms with Gasteiger partial charge in [0.05, 0.1) is 25.3 Å². The van der Waals surface area contributed by atoms with E-state index in [1.165, 1.54) is 6.08 Å². The van der Waals surface area contributed by atoms with E-state index < -0.39 is 0 Å². The Labute approximate surface area is 93.5 Å². The fourth-order valence-electron chi connectivity index (χ4n) is 1.12. The van der Waals surface area contributed by atoms with Gasteiger partial charge in [-0.15, -0.1) is 0 Å². The predicted molar refractivity (Wildman–Crippen MR) is 59.2 cm³/mol. The highest BCUT2D eigenvalue weighted by Crippen LogP contribution is 2.33. The Bertz CT molecular complexity index is 421. The van der Waals surface area contributed by atoms with Crippen LogP contribution in [0.1, 0.15) is 5.56 Å². The van der Waals surface area contributed by atoms with Crippen LogP contribution in [-0.4, -0.2) is 14.2 Å². The van der Waals surface area contributed by atoms with Crippen molar-refractivity contribution in [3.05, 3.63) is 28.8 Å². The Morgan fingerprint density at radius 1 is 1.27 bits per heavy atom. The first-order chi connectivity index (χ1) is 7.22. The zero-order valence-corrected chi connectivity index (χ0v) is 9.21. The SMILES string of the molecule is COc1cc(Cl)c(C=CC#N)cc1OC. The lowest BCUT2D eigenvalue weighted by atomic mass is 10.2. The maximum Gasteiger partial charge on any atom is 0.162 e. The molecule has 0 aliphatic rings. The second kappa shape index (κ2) is 5.28. The molecule has 0 N–H and O–H groups in total. The monoisotopic (exact) mass is 223 g/mol. The van der Waals surface area contributed by atoms with Gasteiger partial charge in [0.2, 0.25) is 0 Å². The highest BCUT2D eigenvalue weighted by molar-refractivity contribution is 6.32. The van der Waals surface area contributed by atoms with Gasteiger partial charge in [0.1, 0.15) is 0 Å². The Kier molecular flexibility index (Phi) is 4.02. The molecule has 78 valence electrons. The molecule has 0 saturated heterocycles. The summed E-state index contributed by atoms with van der Waals surface area (Å²) in [6, 6.07) is 5.27. The molecule has 1 aromatic carbocycles. The molecule has 4 heteroatoms. The molecule has 0 spiro atoms. The van der Waals surface area contributed by atoms with E-state index in [4.69, 9.17) is 26.3 Å². The fourth-order valence-corrected chi connectivity index (χ4v) is 1.34. The molecular weight excluding hydrogens is 214 g/mol. The van der Waals surface area contributed by atoms with Crippen molar-refractivity contribution >= 4 is 17.7 Å². The first-order valence-electron chi connectivity index (χ1n) is 4.20. The summed E-state index contributed by atoms with van der Waals surface area (Å²) in [5.41, 5.74) is 0.718. The molecule has 0 aromatic heterocycles. The summed E-state index contributed by atoms with van der Waals surface area (Å²) in [6.07, 6.45) is 2.97. The van der Waals surface area contributed by atoms with E-state index in [1.807, 2.05) is 6.07 Å². The lowest BCUT2D eigenvalue weighted by Crippen LogP contribution is -1.91. The number of allylic oxidation sites excluding steroid dienone is 1. The zero-order chi connectivity index (χ0) is 11.3. The quantitative estimate of drug-likeness (QED) is 0.740. The van der Waals surface area contributed by atoms with E-state index in [2.05, 4.69) is 0 Å². The molecule has 0 radical (unpaired) electrons. The predicted octanol–water partition coefficient (Wildman–Crippen LogP) is 2.89. The number of halogens is 1. The van der Waals surface area contributed by atoms with Crippen molar-refractivity contribution in [1.82, 2.24) is 0 Å². The molecule has 15 heavy (non-hydrogen) atoms. The first kappa shape index (κ1) is 11.4. The lowest BCUT2D eigenvalue weighted by molar-refractivity contribution is 0.355. The van der Waals surface area contributed by atoms with Gasteiger partial charge < -0.3 is 9.47 Å². The van der Waals surface area contributed by atoms with Crippen molar-refractivity contribution in [1.29, 1.82) is 5.26 Å². The summed E-state index contributed by atoms with van der Waals surface area (Å²) in [6.45, 7) is 0. The molecule has 1 rings (SSSR count). The standard InChI is InChI=1S/C11H10ClNO2/c1-14-10-6-8(4-3-5-13)9(12)7-11(10)15-2/h3-4,6-7H,1-2H3. The van der Waals surface area contributed by atoms with Crippen LogP contribution in [0.2, 0.25) is 5.02 Å². The smallest absolute Gasteiger partial charge is 0.162 e. The molecular formula is C11H10ClNO2. The highest BCUT2D eigenvalue weighted by Gasteiger charge is 2.07. The van der Waals surface area contributed by atoms with Crippen LogP contribution in [0.3, 0.4) is 0 Å². The van der Waals surface area contributed by atoms with Crippen molar-refractivity contribution in [3.8, 4) is 17.6 Å². The third-order valence-electron chi connectivity index (χ3n) is 1.84. The highest BCUT2D eigenvalue weighted by atomic mass is 35.5. The third-order valence-corrected chi connectivity index (χ3v) is 2.17. The van der Waals surface area contributed by atoms with Crippen LogP contribution < -0.4 is 9.47 Å².